The lowest BCUT2D eigenvalue weighted by molar-refractivity contribution is -0.136. The molecule has 5 nitrogen and oxygen atoms in total. The van der Waals surface area contributed by atoms with Crippen molar-refractivity contribution in [3.05, 3.63) is 29.3 Å². The van der Waals surface area contributed by atoms with Crippen molar-refractivity contribution in [1.82, 2.24) is 0 Å². The quantitative estimate of drug-likeness (QED) is 0.783. The molecule has 1 rings (SSSR count). The zero-order valence-corrected chi connectivity index (χ0v) is 10.4. The van der Waals surface area contributed by atoms with Gasteiger partial charge in [0.15, 0.2) is 0 Å². The van der Waals surface area contributed by atoms with E-state index in [0.29, 0.717) is 16.9 Å². The Hall–Kier alpha value is -2.04. The molecule has 0 unspecified atom stereocenters. The molecule has 1 aromatic rings. The molecule has 5 heteroatoms. The summed E-state index contributed by atoms with van der Waals surface area (Å²) in [4.78, 5) is 22.3. The molecule has 18 heavy (non-hydrogen) atoms. The van der Waals surface area contributed by atoms with Gasteiger partial charge in [0.1, 0.15) is 5.75 Å². The molecule has 0 heterocycles. The fourth-order valence-corrected chi connectivity index (χ4v) is 1.55. The number of esters is 1. The van der Waals surface area contributed by atoms with Gasteiger partial charge in [-0.15, -0.1) is 0 Å². The van der Waals surface area contributed by atoms with Crippen LogP contribution in [0.3, 0.4) is 0 Å². The number of aliphatic carboxylic acids is 1. The summed E-state index contributed by atoms with van der Waals surface area (Å²) in [6, 6.07) is 4.90. The van der Waals surface area contributed by atoms with Gasteiger partial charge in [-0.25, -0.2) is 4.79 Å². The summed E-state index contributed by atoms with van der Waals surface area (Å²) in [5.41, 5.74) is 1.01. The fourth-order valence-electron chi connectivity index (χ4n) is 1.55. The summed E-state index contributed by atoms with van der Waals surface area (Å²) in [5, 5.41) is 8.69. The highest BCUT2D eigenvalue weighted by Gasteiger charge is 2.14. The van der Waals surface area contributed by atoms with Gasteiger partial charge in [0.05, 0.1) is 19.3 Å². The van der Waals surface area contributed by atoms with Crippen LogP contribution in [0.25, 0.3) is 0 Å². The van der Waals surface area contributed by atoms with E-state index in [-0.39, 0.29) is 19.4 Å². The Labute approximate surface area is 105 Å². The van der Waals surface area contributed by atoms with Crippen LogP contribution in [0, 0.1) is 0 Å². The van der Waals surface area contributed by atoms with Crippen LogP contribution in [-0.2, 0) is 16.0 Å². The Balaban J connectivity index is 2.99. The van der Waals surface area contributed by atoms with Gasteiger partial charge in [-0.3, -0.25) is 4.79 Å². The lowest BCUT2D eigenvalue weighted by atomic mass is 10.0. The van der Waals surface area contributed by atoms with E-state index >= 15 is 0 Å². The van der Waals surface area contributed by atoms with Gasteiger partial charge in [-0.05, 0) is 37.1 Å². The highest BCUT2D eigenvalue weighted by atomic mass is 16.5. The Morgan fingerprint density at radius 1 is 1.33 bits per heavy atom. The molecule has 0 fully saturated rings. The summed E-state index contributed by atoms with van der Waals surface area (Å²) in [6.07, 6.45) is 0.222. The van der Waals surface area contributed by atoms with Crippen molar-refractivity contribution >= 4 is 11.9 Å². The summed E-state index contributed by atoms with van der Waals surface area (Å²) < 4.78 is 9.98. The minimum atomic E-state index is -0.910. The predicted octanol–water partition coefficient (Wildman–Crippen LogP) is 1.89. The lowest BCUT2D eigenvalue weighted by Crippen LogP contribution is -2.09. The zero-order valence-electron chi connectivity index (χ0n) is 10.4. The van der Waals surface area contributed by atoms with Crippen LogP contribution >= 0.6 is 0 Å². The number of methoxy groups -OCH3 is 1. The molecule has 0 aliphatic carbocycles. The summed E-state index contributed by atoms with van der Waals surface area (Å²) in [5.74, 6) is -0.767. The molecule has 0 saturated carbocycles. The maximum absolute atomic E-state index is 11.7. The van der Waals surface area contributed by atoms with Gasteiger partial charge in [-0.2, -0.15) is 0 Å². The van der Waals surface area contributed by atoms with Crippen molar-refractivity contribution in [2.24, 2.45) is 0 Å². The van der Waals surface area contributed by atoms with E-state index in [0.717, 1.165) is 0 Å². The van der Waals surface area contributed by atoms with Gasteiger partial charge in [0.2, 0.25) is 0 Å². The van der Waals surface area contributed by atoms with E-state index in [1.54, 1.807) is 25.1 Å². The van der Waals surface area contributed by atoms with Crippen molar-refractivity contribution < 1.29 is 24.2 Å². The third kappa shape index (κ3) is 3.76. The number of rotatable bonds is 6. The number of benzene rings is 1. The number of carbonyl (C=O) groups excluding carboxylic acids is 1. The van der Waals surface area contributed by atoms with Crippen molar-refractivity contribution in [2.75, 3.05) is 13.7 Å². The molecule has 0 aromatic heterocycles. The third-order valence-corrected chi connectivity index (χ3v) is 2.42. The van der Waals surface area contributed by atoms with Crippen molar-refractivity contribution in [3.8, 4) is 5.75 Å². The maximum atomic E-state index is 11.7. The van der Waals surface area contributed by atoms with Crippen molar-refractivity contribution in [1.29, 1.82) is 0 Å². The number of carboxylic acid groups (broad SMARTS) is 1. The molecule has 0 aliphatic heterocycles. The summed E-state index contributed by atoms with van der Waals surface area (Å²) in [7, 11) is 1.51. The van der Waals surface area contributed by atoms with Crippen LogP contribution in [-0.4, -0.2) is 30.8 Å². The molecular weight excluding hydrogens is 236 g/mol. The van der Waals surface area contributed by atoms with Gasteiger partial charge >= 0.3 is 11.9 Å². The largest absolute Gasteiger partial charge is 0.497 e. The monoisotopic (exact) mass is 252 g/mol. The Morgan fingerprint density at radius 2 is 2.06 bits per heavy atom. The standard InChI is InChI=1S/C13H16O5/c1-3-18-13(16)11-6-5-10(17-2)8-9(11)4-7-12(14)15/h5-6,8H,3-4,7H2,1-2H3,(H,14,15). The van der Waals surface area contributed by atoms with Crippen molar-refractivity contribution in [2.45, 2.75) is 19.8 Å². The first-order valence-electron chi connectivity index (χ1n) is 5.64. The molecule has 0 spiro atoms. The zero-order chi connectivity index (χ0) is 13.5. The van der Waals surface area contributed by atoms with Crippen LogP contribution in [0.4, 0.5) is 0 Å². The number of aryl methyl sites for hydroxylation is 1. The molecule has 0 amide bonds. The number of carbonyl (C=O) groups is 2. The molecule has 0 bridgehead atoms. The van der Waals surface area contributed by atoms with Gasteiger partial charge < -0.3 is 14.6 Å². The van der Waals surface area contributed by atoms with Crippen LogP contribution in [0.1, 0.15) is 29.3 Å². The number of hydrogen-bond donors (Lipinski definition) is 1. The second-order valence-corrected chi connectivity index (χ2v) is 3.64. The minimum absolute atomic E-state index is 0.0421. The van der Waals surface area contributed by atoms with Crippen LogP contribution in [0.2, 0.25) is 0 Å². The Morgan fingerprint density at radius 3 is 2.61 bits per heavy atom. The smallest absolute Gasteiger partial charge is 0.338 e. The first-order chi connectivity index (χ1) is 8.58. The second kappa shape index (κ2) is 6.64. The Bertz CT molecular complexity index is 439. The van der Waals surface area contributed by atoms with Crippen LogP contribution < -0.4 is 4.74 Å². The van der Waals surface area contributed by atoms with Crippen LogP contribution in [0.15, 0.2) is 18.2 Å². The summed E-state index contributed by atoms with van der Waals surface area (Å²) in [6.45, 7) is 2.00. The normalized spacial score (nSPS) is 9.89. The lowest BCUT2D eigenvalue weighted by Gasteiger charge is -2.10. The molecule has 0 saturated heterocycles. The highest BCUT2D eigenvalue weighted by Crippen LogP contribution is 2.20. The van der Waals surface area contributed by atoms with E-state index in [4.69, 9.17) is 14.6 Å². The fraction of sp³-hybridized carbons (Fsp3) is 0.385. The second-order valence-electron chi connectivity index (χ2n) is 3.64. The average molecular weight is 252 g/mol. The van der Waals surface area contributed by atoms with Gasteiger partial charge in [0, 0.05) is 6.42 Å². The molecule has 1 N–H and O–H groups in total. The topological polar surface area (TPSA) is 72.8 Å². The van der Waals surface area contributed by atoms with E-state index in [2.05, 4.69) is 0 Å². The van der Waals surface area contributed by atoms with E-state index in [1.165, 1.54) is 7.11 Å². The van der Waals surface area contributed by atoms with Crippen molar-refractivity contribution in [3.63, 3.8) is 0 Å². The minimum Gasteiger partial charge on any atom is -0.497 e. The van der Waals surface area contributed by atoms with E-state index in [9.17, 15) is 9.59 Å². The SMILES string of the molecule is CCOC(=O)c1ccc(OC)cc1CCC(=O)O. The Kier molecular flexibility index (Phi) is 5.17. The van der Waals surface area contributed by atoms with Gasteiger partial charge in [-0.1, -0.05) is 0 Å². The predicted molar refractivity (Wildman–Crippen MR) is 64.9 cm³/mol. The molecule has 0 aliphatic rings. The third-order valence-electron chi connectivity index (χ3n) is 2.42. The van der Waals surface area contributed by atoms with E-state index < -0.39 is 11.9 Å². The summed E-state index contributed by atoms with van der Waals surface area (Å²) >= 11 is 0. The number of hydrogen-bond acceptors (Lipinski definition) is 4. The average Bonchev–Trinajstić information content (AvgIpc) is 2.36. The molecule has 0 atom stereocenters. The van der Waals surface area contributed by atoms with Crippen LogP contribution in [0.5, 0.6) is 5.75 Å². The molecule has 1 aromatic carbocycles. The van der Waals surface area contributed by atoms with E-state index in [1.807, 2.05) is 0 Å². The molecule has 0 radical (unpaired) electrons. The maximum Gasteiger partial charge on any atom is 0.338 e. The van der Waals surface area contributed by atoms with Gasteiger partial charge in [0.25, 0.3) is 0 Å². The first-order valence-corrected chi connectivity index (χ1v) is 5.64. The molecule has 98 valence electrons. The first kappa shape index (κ1) is 14.0. The number of ether oxygens (including phenoxy) is 2. The number of carboxylic acids is 1. The molecular formula is C13H16O5. The highest BCUT2D eigenvalue weighted by molar-refractivity contribution is 5.91.